The first-order valence-corrected chi connectivity index (χ1v) is 8.17. The van der Waals surface area contributed by atoms with Gasteiger partial charge in [0.25, 0.3) is 5.91 Å². The zero-order valence-corrected chi connectivity index (χ0v) is 14.6. The molecule has 2 rings (SSSR count). The number of carboxylic acids is 1. The van der Waals surface area contributed by atoms with Gasteiger partial charge in [-0.05, 0) is 31.5 Å². The summed E-state index contributed by atoms with van der Waals surface area (Å²) in [5.74, 6) is -1.27. The highest BCUT2D eigenvalue weighted by atomic mass is 16.5. The van der Waals surface area contributed by atoms with E-state index in [1.54, 1.807) is 31.2 Å². The van der Waals surface area contributed by atoms with Gasteiger partial charge in [-0.15, -0.1) is 0 Å². The molecule has 0 aliphatic rings. The number of nitrogens with zero attached hydrogens (tertiary/aromatic N) is 2. The van der Waals surface area contributed by atoms with Gasteiger partial charge in [-0.2, -0.15) is 5.26 Å². The summed E-state index contributed by atoms with van der Waals surface area (Å²) in [7, 11) is 0. The van der Waals surface area contributed by atoms with E-state index in [9.17, 15) is 14.7 Å². The van der Waals surface area contributed by atoms with Crippen LogP contribution in [-0.2, 0) is 16.1 Å². The van der Waals surface area contributed by atoms with Gasteiger partial charge in [0, 0.05) is 6.54 Å². The third-order valence-corrected chi connectivity index (χ3v) is 3.96. The number of para-hydroxylation sites is 1. The molecule has 2 atom stereocenters. The average molecular weight is 352 g/mol. The number of amides is 1. The Kier molecular flexibility index (Phi) is 6.34. The fraction of sp³-hybridized carbons (Fsp3) is 0.250. The zero-order chi connectivity index (χ0) is 19.1. The highest BCUT2D eigenvalue weighted by molar-refractivity contribution is 5.86. The van der Waals surface area contributed by atoms with Crippen molar-refractivity contribution in [3.8, 4) is 11.8 Å². The van der Waals surface area contributed by atoms with E-state index >= 15 is 0 Å². The van der Waals surface area contributed by atoms with Gasteiger partial charge in [-0.3, -0.25) is 4.79 Å². The number of carboxylic acid groups (broad SMARTS) is 1. The number of ether oxygens (including phenoxy) is 1. The first-order valence-electron chi connectivity index (χ1n) is 8.17. The molecule has 26 heavy (non-hydrogen) atoms. The van der Waals surface area contributed by atoms with Crippen molar-refractivity contribution in [2.24, 2.45) is 0 Å². The highest BCUT2D eigenvalue weighted by Gasteiger charge is 2.30. The summed E-state index contributed by atoms with van der Waals surface area (Å²) in [6, 6.07) is 16.7. The van der Waals surface area contributed by atoms with Crippen molar-refractivity contribution in [2.75, 3.05) is 0 Å². The van der Waals surface area contributed by atoms with Crippen LogP contribution >= 0.6 is 0 Å². The van der Waals surface area contributed by atoms with Crippen molar-refractivity contribution in [1.82, 2.24) is 4.90 Å². The minimum Gasteiger partial charge on any atom is -0.480 e. The van der Waals surface area contributed by atoms with E-state index in [-0.39, 0.29) is 6.54 Å². The molecule has 0 aliphatic carbocycles. The van der Waals surface area contributed by atoms with Gasteiger partial charge in [0.15, 0.2) is 6.10 Å². The molecule has 0 bridgehead atoms. The second kappa shape index (κ2) is 8.67. The van der Waals surface area contributed by atoms with Crippen LogP contribution in [0.15, 0.2) is 54.6 Å². The van der Waals surface area contributed by atoms with E-state index in [0.717, 1.165) is 5.56 Å². The third-order valence-electron chi connectivity index (χ3n) is 3.96. The number of hydrogen-bond donors (Lipinski definition) is 1. The topological polar surface area (TPSA) is 90.6 Å². The van der Waals surface area contributed by atoms with Gasteiger partial charge in [-0.25, -0.2) is 4.79 Å². The number of nitriles is 1. The molecule has 0 saturated carbocycles. The van der Waals surface area contributed by atoms with Gasteiger partial charge in [0.1, 0.15) is 17.9 Å². The Morgan fingerprint density at radius 1 is 1.12 bits per heavy atom. The van der Waals surface area contributed by atoms with Gasteiger partial charge < -0.3 is 14.7 Å². The molecule has 0 spiro atoms. The Hall–Kier alpha value is -3.33. The fourth-order valence-corrected chi connectivity index (χ4v) is 2.46. The number of carbonyl (C=O) groups is 2. The van der Waals surface area contributed by atoms with Crippen LogP contribution in [0.5, 0.6) is 5.75 Å². The average Bonchev–Trinajstić information content (AvgIpc) is 2.66. The first kappa shape index (κ1) is 19.0. The molecule has 0 heterocycles. The second-order valence-electron chi connectivity index (χ2n) is 5.83. The van der Waals surface area contributed by atoms with Crippen LogP contribution in [0.4, 0.5) is 0 Å². The number of benzene rings is 2. The predicted molar refractivity (Wildman–Crippen MR) is 95.3 cm³/mol. The molecule has 134 valence electrons. The second-order valence-corrected chi connectivity index (χ2v) is 5.83. The van der Waals surface area contributed by atoms with Gasteiger partial charge >= 0.3 is 5.97 Å². The van der Waals surface area contributed by atoms with E-state index < -0.39 is 24.0 Å². The molecular weight excluding hydrogens is 332 g/mol. The minimum absolute atomic E-state index is 0.154. The lowest BCUT2D eigenvalue weighted by Gasteiger charge is -2.29. The summed E-state index contributed by atoms with van der Waals surface area (Å²) in [5.41, 5.74) is 1.13. The first-order chi connectivity index (χ1) is 12.4. The van der Waals surface area contributed by atoms with Crippen molar-refractivity contribution >= 4 is 11.9 Å². The standard InChI is InChI=1S/C20H20N2O4/c1-14(20(24)25)22(13-16-8-4-3-5-9-16)19(23)15(2)26-18-11-7-6-10-17(18)12-21/h3-11,14-15H,13H2,1-2H3,(H,24,25). The van der Waals surface area contributed by atoms with Crippen LogP contribution in [0, 0.1) is 11.3 Å². The molecular formula is C20H20N2O4. The molecule has 0 aliphatic heterocycles. The molecule has 0 fully saturated rings. The minimum atomic E-state index is -1.10. The molecule has 0 saturated heterocycles. The van der Waals surface area contributed by atoms with Crippen LogP contribution < -0.4 is 4.74 Å². The van der Waals surface area contributed by atoms with E-state index in [4.69, 9.17) is 10.00 Å². The summed E-state index contributed by atoms with van der Waals surface area (Å²) in [6.07, 6.45) is -0.935. The Balaban J connectivity index is 2.22. The molecule has 0 aromatic heterocycles. The Morgan fingerprint density at radius 2 is 1.73 bits per heavy atom. The monoisotopic (exact) mass is 352 g/mol. The maximum Gasteiger partial charge on any atom is 0.326 e. The molecule has 2 aromatic rings. The van der Waals surface area contributed by atoms with Crippen molar-refractivity contribution in [3.05, 3.63) is 65.7 Å². The maximum absolute atomic E-state index is 12.9. The highest BCUT2D eigenvalue weighted by Crippen LogP contribution is 2.20. The SMILES string of the molecule is CC(Oc1ccccc1C#N)C(=O)N(Cc1ccccc1)C(C)C(=O)O. The van der Waals surface area contributed by atoms with E-state index in [1.165, 1.54) is 11.8 Å². The summed E-state index contributed by atoms with van der Waals surface area (Å²) in [4.78, 5) is 25.6. The smallest absolute Gasteiger partial charge is 0.326 e. The van der Waals surface area contributed by atoms with Crippen LogP contribution in [-0.4, -0.2) is 34.0 Å². The van der Waals surface area contributed by atoms with Crippen LogP contribution in [0.1, 0.15) is 25.0 Å². The van der Waals surface area contributed by atoms with Crippen molar-refractivity contribution < 1.29 is 19.4 Å². The predicted octanol–water partition coefficient (Wildman–Crippen LogP) is 2.83. The molecule has 1 N–H and O–H groups in total. The lowest BCUT2D eigenvalue weighted by Crippen LogP contribution is -2.48. The third kappa shape index (κ3) is 4.61. The molecule has 1 amide bonds. The number of hydrogen-bond acceptors (Lipinski definition) is 4. The van der Waals surface area contributed by atoms with Crippen LogP contribution in [0.3, 0.4) is 0 Å². The quantitative estimate of drug-likeness (QED) is 0.827. The van der Waals surface area contributed by atoms with Crippen LogP contribution in [0.2, 0.25) is 0 Å². The maximum atomic E-state index is 12.9. The Labute approximate surface area is 152 Å². The summed E-state index contributed by atoms with van der Waals surface area (Å²) >= 11 is 0. The van der Waals surface area contributed by atoms with Gasteiger partial charge in [-0.1, -0.05) is 42.5 Å². The van der Waals surface area contributed by atoms with Crippen molar-refractivity contribution in [1.29, 1.82) is 5.26 Å². The summed E-state index contributed by atoms with van der Waals surface area (Å²) in [6.45, 7) is 3.16. The Bertz CT molecular complexity index is 814. The van der Waals surface area contributed by atoms with E-state index in [0.29, 0.717) is 11.3 Å². The molecule has 2 aromatic carbocycles. The summed E-state index contributed by atoms with van der Waals surface area (Å²) in [5, 5.41) is 18.5. The molecule has 0 radical (unpaired) electrons. The molecule has 6 heteroatoms. The largest absolute Gasteiger partial charge is 0.480 e. The Morgan fingerprint density at radius 3 is 2.35 bits per heavy atom. The molecule has 6 nitrogen and oxygen atoms in total. The van der Waals surface area contributed by atoms with Crippen molar-refractivity contribution in [2.45, 2.75) is 32.5 Å². The van der Waals surface area contributed by atoms with E-state index in [2.05, 4.69) is 0 Å². The fourth-order valence-electron chi connectivity index (χ4n) is 2.46. The van der Waals surface area contributed by atoms with Crippen molar-refractivity contribution in [3.63, 3.8) is 0 Å². The van der Waals surface area contributed by atoms with Crippen LogP contribution in [0.25, 0.3) is 0 Å². The zero-order valence-electron chi connectivity index (χ0n) is 14.6. The molecule has 2 unspecified atom stereocenters. The normalized spacial score (nSPS) is 12.5. The van der Waals surface area contributed by atoms with E-state index in [1.807, 2.05) is 36.4 Å². The number of carbonyl (C=O) groups excluding carboxylic acids is 1. The lowest BCUT2D eigenvalue weighted by molar-refractivity contribution is -0.153. The summed E-state index contributed by atoms with van der Waals surface area (Å²) < 4.78 is 5.64. The van der Waals surface area contributed by atoms with Gasteiger partial charge in [0.05, 0.1) is 5.56 Å². The number of aliphatic carboxylic acids is 1. The number of rotatable bonds is 7. The lowest BCUT2D eigenvalue weighted by atomic mass is 10.1. The van der Waals surface area contributed by atoms with Gasteiger partial charge in [0.2, 0.25) is 0 Å².